The van der Waals surface area contributed by atoms with Gasteiger partial charge in [0.2, 0.25) is 0 Å². The highest BCUT2D eigenvalue weighted by Gasteiger charge is 2.19. The maximum Gasteiger partial charge on any atom is 0.331 e. The van der Waals surface area contributed by atoms with Crippen LogP contribution in [0.1, 0.15) is 5.56 Å². The van der Waals surface area contributed by atoms with Crippen molar-refractivity contribution < 1.29 is 21.6 Å². The third kappa shape index (κ3) is 4.41. The van der Waals surface area contributed by atoms with E-state index in [1.54, 1.807) is 11.6 Å². The van der Waals surface area contributed by atoms with Gasteiger partial charge in [0.15, 0.2) is 9.84 Å². The number of isocyanates is 1. The largest absolute Gasteiger partial charge is 0.331 e. The van der Waals surface area contributed by atoms with Gasteiger partial charge in [-0.15, -0.1) is 0 Å². The van der Waals surface area contributed by atoms with Crippen LogP contribution in [0.15, 0.2) is 27.5 Å². The normalized spacial score (nSPS) is 11.9. The van der Waals surface area contributed by atoms with E-state index in [0.29, 0.717) is 5.56 Å². The van der Waals surface area contributed by atoms with Crippen LogP contribution in [0.2, 0.25) is 5.02 Å². The summed E-state index contributed by atoms with van der Waals surface area (Å²) in [6.45, 7) is 1.69. The molecule has 0 bridgehead atoms. The second kappa shape index (κ2) is 5.81. The standard InChI is InChI=1S/C9H9ClN2O5S2/c1-7-2-3-8(4-9(7)10)18(14,15)6-12-19(16,17)11-5-13/h2-4,12H,6H2,1H3. The summed E-state index contributed by atoms with van der Waals surface area (Å²) in [5, 5.41) is 0.245. The molecule has 0 fully saturated rings. The molecule has 0 aliphatic heterocycles. The van der Waals surface area contributed by atoms with Gasteiger partial charge in [-0.05, 0) is 24.6 Å². The first kappa shape index (κ1) is 15.8. The second-order valence-corrected chi connectivity index (χ2v) is 7.29. The lowest BCUT2D eigenvalue weighted by Gasteiger charge is -2.06. The Hall–Kier alpha value is -1.25. The van der Waals surface area contributed by atoms with Gasteiger partial charge in [0, 0.05) is 5.02 Å². The van der Waals surface area contributed by atoms with Crippen molar-refractivity contribution in [3.63, 3.8) is 0 Å². The molecule has 0 radical (unpaired) electrons. The lowest BCUT2D eigenvalue weighted by Crippen LogP contribution is -2.28. The van der Waals surface area contributed by atoms with E-state index < -0.39 is 25.9 Å². The molecule has 1 rings (SSSR count). The highest BCUT2D eigenvalue weighted by Crippen LogP contribution is 2.20. The molecule has 10 heteroatoms. The van der Waals surface area contributed by atoms with Crippen LogP contribution < -0.4 is 4.72 Å². The number of carbonyl (C=O) groups excluding carboxylic acids is 1. The topological polar surface area (TPSA) is 110 Å². The lowest BCUT2D eigenvalue weighted by molar-refractivity contribution is 0.561. The molecule has 0 spiro atoms. The summed E-state index contributed by atoms with van der Waals surface area (Å²) in [6, 6.07) is 4.00. The van der Waals surface area contributed by atoms with E-state index in [2.05, 4.69) is 4.40 Å². The number of benzene rings is 1. The fourth-order valence-corrected chi connectivity index (χ4v) is 3.45. The Morgan fingerprint density at radius 1 is 1.32 bits per heavy atom. The van der Waals surface area contributed by atoms with Crippen molar-refractivity contribution >= 4 is 37.7 Å². The Bertz CT molecular complexity index is 736. The summed E-state index contributed by atoms with van der Waals surface area (Å²) < 4.78 is 49.7. The van der Waals surface area contributed by atoms with E-state index >= 15 is 0 Å². The average Bonchev–Trinajstić information content (AvgIpc) is 2.30. The van der Waals surface area contributed by atoms with E-state index in [4.69, 9.17) is 11.6 Å². The van der Waals surface area contributed by atoms with Gasteiger partial charge in [0.25, 0.3) is 6.08 Å². The Balaban J connectivity index is 3.00. The van der Waals surface area contributed by atoms with E-state index in [0.717, 1.165) is 6.08 Å². The number of rotatable bonds is 5. The van der Waals surface area contributed by atoms with Crippen molar-refractivity contribution in [3.8, 4) is 0 Å². The van der Waals surface area contributed by atoms with Gasteiger partial charge in [-0.2, -0.15) is 13.1 Å². The number of hydrogen-bond donors (Lipinski definition) is 1. The summed E-state index contributed by atoms with van der Waals surface area (Å²) in [6.07, 6.45) is 0.809. The first-order chi connectivity index (χ1) is 8.68. The molecule has 1 N–H and O–H groups in total. The minimum Gasteiger partial charge on any atom is -0.222 e. The summed E-state index contributed by atoms with van der Waals surface area (Å²) >= 11 is 5.79. The monoisotopic (exact) mass is 324 g/mol. The maximum absolute atomic E-state index is 11.8. The van der Waals surface area contributed by atoms with Gasteiger partial charge in [-0.3, -0.25) is 0 Å². The molecule has 0 unspecified atom stereocenters. The predicted octanol–water partition coefficient (Wildman–Crippen LogP) is 0.550. The molecule has 0 aliphatic rings. The van der Waals surface area contributed by atoms with Crippen LogP contribution in [0, 0.1) is 6.92 Å². The van der Waals surface area contributed by atoms with Gasteiger partial charge in [-0.25, -0.2) is 13.2 Å². The van der Waals surface area contributed by atoms with E-state index in [-0.39, 0.29) is 9.92 Å². The number of aryl methyl sites for hydroxylation is 1. The molecule has 0 aromatic heterocycles. The molecule has 0 heterocycles. The Morgan fingerprint density at radius 3 is 2.47 bits per heavy atom. The fraction of sp³-hybridized carbons (Fsp3) is 0.222. The third-order valence-corrected chi connectivity index (χ3v) is 5.00. The summed E-state index contributed by atoms with van der Waals surface area (Å²) in [4.78, 5) is 9.68. The first-order valence-electron chi connectivity index (χ1n) is 4.75. The molecule has 104 valence electrons. The lowest BCUT2D eigenvalue weighted by atomic mass is 10.2. The highest BCUT2D eigenvalue weighted by atomic mass is 35.5. The molecule has 0 amide bonds. The van der Waals surface area contributed by atoms with Crippen LogP contribution in [-0.4, -0.2) is 28.8 Å². The number of nitrogens with zero attached hydrogens (tertiary/aromatic N) is 1. The zero-order valence-electron chi connectivity index (χ0n) is 9.62. The first-order valence-corrected chi connectivity index (χ1v) is 8.22. The molecule has 0 atom stereocenters. The molecule has 7 nitrogen and oxygen atoms in total. The van der Waals surface area contributed by atoms with Crippen molar-refractivity contribution in [2.24, 2.45) is 4.40 Å². The van der Waals surface area contributed by atoms with Crippen LogP contribution in [0.4, 0.5) is 0 Å². The third-order valence-electron chi connectivity index (χ3n) is 2.09. The van der Waals surface area contributed by atoms with Crippen LogP contribution >= 0.6 is 11.6 Å². The molecule has 0 saturated carbocycles. The van der Waals surface area contributed by atoms with Crippen LogP contribution in [0.5, 0.6) is 0 Å². The molecule has 19 heavy (non-hydrogen) atoms. The molecule has 1 aromatic rings. The fourth-order valence-electron chi connectivity index (χ4n) is 1.08. The Morgan fingerprint density at radius 2 is 1.95 bits per heavy atom. The van der Waals surface area contributed by atoms with Crippen molar-refractivity contribution in [1.82, 2.24) is 4.72 Å². The van der Waals surface area contributed by atoms with Gasteiger partial charge >= 0.3 is 10.2 Å². The number of sulfone groups is 1. The molecular weight excluding hydrogens is 316 g/mol. The minimum absolute atomic E-state index is 0.138. The van der Waals surface area contributed by atoms with E-state index in [9.17, 15) is 21.6 Å². The van der Waals surface area contributed by atoms with Gasteiger partial charge in [0.05, 0.1) is 4.90 Å². The second-order valence-electron chi connectivity index (χ2n) is 3.47. The van der Waals surface area contributed by atoms with Crippen molar-refractivity contribution in [2.45, 2.75) is 11.8 Å². The van der Waals surface area contributed by atoms with Gasteiger partial charge in [0.1, 0.15) is 5.88 Å². The predicted molar refractivity (Wildman–Crippen MR) is 68.4 cm³/mol. The summed E-state index contributed by atoms with van der Waals surface area (Å²) in [5.74, 6) is -0.931. The highest BCUT2D eigenvalue weighted by molar-refractivity contribution is 7.93. The summed E-state index contributed by atoms with van der Waals surface area (Å²) in [7, 11) is -8.27. The van der Waals surface area contributed by atoms with Crippen molar-refractivity contribution in [1.29, 1.82) is 0 Å². The average molecular weight is 325 g/mol. The van der Waals surface area contributed by atoms with Crippen LogP contribution in [-0.2, 0) is 24.8 Å². The Kier molecular flexibility index (Phi) is 4.83. The molecule has 0 aliphatic carbocycles. The summed E-state index contributed by atoms with van der Waals surface area (Å²) in [5.41, 5.74) is 0.687. The number of nitrogens with one attached hydrogen (secondary N) is 1. The van der Waals surface area contributed by atoms with E-state index in [1.165, 1.54) is 18.2 Å². The Labute approximate surface area is 115 Å². The zero-order valence-corrected chi connectivity index (χ0v) is 12.0. The molecular formula is C9H9ClN2O5S2. The molecule has 0 saturated heterocycles. The smallest absolute Gasteiger partial charge is 0.222 e. The van der Waals surface area contributed by atoms with Crippen LogP contribution in [0.25, 0.3) is 0 Å². The minimum atomic E-state index is -4.35. The van der Waals surface area contributed by atoms with Gasteiger partial charge in [-0.1, -0.05) is 22.1 Å². The number of halogens is 1. The zero-order chi connectivity index (χ0) is 14.7. The molecule has 1 aromatic carbocycles. The van der Waals surface area contributed by atoms with Gasteiger partial charge < -0.3 is 0 Å². The van der Waals surface area contributed by atoms with Crippen molar-refractivity contribution in [3.05, 3.63) is 28.8 Å². The van der Waals surface area contributed by atoms with Crippen molar-refractivity contribution in [2.75, 3.05) is 5.88 Å². The van der Waals surface area contributed by atoms with Crippen LogP contribution in [0.3, 0.4) is 0 Å². The maximum atomic E-state index is 11.8. The SMILES string of the molecule is Cc1ccc(S(=O)(=O)CNS(=O)(=O)N=C=O)cc1Cl. The quantitative estimate of drug-likeness (QED) is 0.628. The number of hydrogen-bond acceptors (Lipinski definition) is 5. The van der Waals surface area contributed by atoms with E-state index in [1.807, 2.05) is 0 Å².